The summed E-state index contributed by atoms with van der Waals surface area (Å²) in [5.41, 5.74) is 18.7. The van der Waals surface area contributed by atoms with Crippen LogP contribution in [-0.4, -0.2) is 120 Å². The highest BCUT2D eigenvalue weighted by Gasteiger charge is 1.91. The Labute approximate surface area is 549 Å². The van der Waals surface area contributed by atoms with E-state index in [1.54, 1.807) is 99.5 Å². The van der Waals surface area contributed by atoms with Gasteiger partial charge < -0.3 is 0 Å². The molecule has 0 bridgehead atoms. The van der Waals surface area contributed by atoms with Crippen molar-refractivity contribution in [1.82, 2.24) is 120 Å². The fraction of sp³-hybridized carbons (Fsp3) is 0.304. The van der Waals surface area contributed by atoms with E-state index < -0.39 is 0 Å². The molecule has 0 radical (unpaired) electrons. The molecule has 486 valence electrons. The summed E-state index contributed by atoms with van der Waals surface area (Å²) in [7, 11) is 0. The van der Waals surface area contributed by atoms with Crippen molar-refractivity contribution in [2.75, 3.05) is 0 Å². The van der Waals surface area contributed by atoms with Gasteiger partial charge in [0.2, 0.25) is 0 Å². The zero-order valence-corrected chi connectivity index (χ0v) is 57.8. The number of aromatic nitrogens is 24. The van der Waals surface area contributed by atoms with Crippen LogP contribution in [0.4, 0.5) is 0 Å². The Morgan fingerprint density at radius 1 is 0.194 bits per heavy atom. The van der Waals surface area contributed by atoms with E-state index >= 15 is 0 Å². The number of hydrogen-bond donors (Lipinski definition) is 0. The Morgan fingerprint density at radius 3 is 0.849 bits per heavy atom. The van der Waals surface area contributed by atoms with Gasteiger partial charge in [-0.3, -0.25) is 39.9 Å². The maximum atomic E-state index is 4.11. The molecule has 12 heterocycles. The Hall–Kier alpha value is -11.0. The quantitative estimate of drug-likeness (QED) is 0.136. The molecule has 0 amide bonds. The number of rotatable bonds is 0. The zero-order chi connectivity index (χ0) is 69.2. The van der Waals surface area contributed by atoms with Crippen LogP contribution in [0.3, 0.4) is 0 Å². The van der Waals surface area contributed by atoms with E-state index in [9.17, 15) is 0 Å². The molecule has 0 N–H and O–H groups in total. The Kier molecular flexibility index (Phi) is 42.0. The fourth-order valence-corrected chi connectivity index (χ4v) is 5.62. The van der Waals surface area contributed by atoms with E-state index in [2.05, 4.69) is 120 Å². The lowest BCUT2D eigenvalue weighted by molar-refractivity contribution is 1.01. The van der Waals surface area contributed by atoms with E-state index in [4.69, 9.17) is 0 Å². The standard InChI is InChI=1S/9C6H8N2.3C5H6N2/c2*1-5-3-7-4-8-6(5)2;1-5-3-8-6(2)4-7-5;1-5-3-7-4-6(2)8-5;1-5-3-6(2)8-4-7-5;2*1-5-3-7-6(2)8-4-5;1-5-6(2)8-4-3-7-5;1-5-3-4-7-6(2)8-5;1-5-2-6-4-7-3-5;1-5-4-6-2-3-7-5;1-5-2-3-6-4-7-5/h9*3-4H,1-2H3;3*2-4H,1H3. The maximum absolute atomic E-state index is 4.11. The third-order valence-corrected chi connectivity index (χ3v) is 11.0. The molecule has 0 aliphatic rings. The Morgan fingerprint density at radius 2 is 0.602 bits per heavy atom. The highest BCUT2D eigenvalue weighted by atomic mass is 14.9. The molecule has 0 spiro atoms. The van der Waals surface area contributed by atoms with Crippen molar-refractivity contribution in [2.45, 2.75) is 145 Å². The van der Waals surface area contributed by atoms with Gasteiger partial charge in [-0.25, -0.2) is 79.7 Å². The minimum Gasteiger partial charge on any atom is -0.261 e. The first kappa shape index (κ1) is 80.0. The summed E-state index contributed by atoms with van der Waals surface area (Å²) >= 11 is 0. The molecule has 0 saturated heterocycles. The maximum Gasteiger partial charge on any atom is 0.125 e. The smallest absolute Gasteiger partial charge is 0.125 e. The topological polar surface area (TPSA) is 309 Å². The van der Waals surface area contributed by atoms with Crippen LogP contribution in [0.5, 0.6) is 0 Å². The molecule has 12 aromatic heterocycles. The first-order valence-electron chi connectivity index (χ1n) is 29.2. The van der Waals surface area contributed by atoms with E-state index in [1.807, 2.05) is 201 Å². The zero-order valence-electron chi connectivity index (χ0n) is 57.8. The minimum absolute atomic E-state index is 0.829. The summed E-state index contributed by atoms with van der Waals surface area (Å²) in [6.45, 7) is 40.8. The average molecular weight is 1260 g/mol. The van der Waals surface area contributed by atoms with Crippen LogP contribution in [-0.2, 0) is 0 Å². The molecule has 0 aliphatic heterocycles. The highest BCUT2D eigenvalue weighted by molar-refractivity contribution is 5.12. The van der Waals surface area contributed by atoms with Crippen LogP contribution in [0.1, 0.15) is 119 Å². The Balaban J connectivity index is 0.000000507. The SMILES string of the molecule is Cc1cc(C)ncn1.Cc1ccnc(C)n1.Cc1ccncn1.Cc1cnc(C)cn1.Cc1cnc(C)nc1.Cc1cnc(C)nc1.Cc1cncc(C)n1.Cc1cnccn1.Cc1cncnc1.Cc1cncnc1C.Cc1cncnc1C.Cc1nccnc1C. The van der Waals surface area contributed by atoms with Crippen molar-refractivity contribution in [3.8, 4) is 0 Å². The van der Waals surface area contributed by atoms with Crippen LogP contribution in [0, 0.1) is 145 Å². The first-order valence-corrected chi connectivity index (χ1v) is 29.2. The van der Waals surface area contributed by atoms with Crippen molar-refractivity contribution in [2.24, 2.45) is 0 Å². The van der Waals surface area contributed by atoms with Gasteiger partial charge in [0.1, 0.15) is 49.1 Å². The van der Waals surface area contributed by atoms with Gasteiger partial charge in [-0.1, -0.05) is 0 Å². The van der Waals surface area contributed by atoms with Gasteiger partial charge in [-0.05, 0) is 191 Å². The van der Waals surface area contributed by atoms with Crippen LogP contribution >= 0.6 is 0 Å². The third-order valence-electron chi connectivity index (χ3n) is 11.0. The van der Waals surface area contributed by atoms with Crippen molar-refractivity contribution < 1.29 is 0 Å². The summed E-state index contributed by atoms with van der Waals surface area (Å²) in [5, 5.41) is 0. The Bertz CT molecular complexity index is 3240. The van der Waals surface area contributed by atoms with E-state index in [-0.39, 0.29) is 0 Å². The lowest BCUT2D eigenvalue weighted by Crippen LogP contribution is -1.87. The molecule has 12 rings (SSSR count). The number of hydrogen-bond acceptors (Lipinski definition) is 24. The van der Waals surface area contributed by atoms with Crippen molar-refractivity contribution >= 4 is 0 Å². The van der Waals surface area contributed by atoms with Crippen molar-refractivity contribution in [3.05, 3.63) is 287 Å². The normalized spacial score (nSPS) is 9.13. The number of nitrogens with zero attached hydrogens (tertiary/aromatic N) is 24. The van der Waals surface area contributed by atoms with Crippen LogP contribution in [0.15, 0.2) is 168 Å². The van der Waals surface area contributed by atoms with Crippen LogP contribution in [0.25, 0.3) is 0 Å². The average Bonchev–Trinajstić information content (AvgIpc) is 3.59. The minimum atomic E-state index is 0.829. The molecule has 93 heavy (non-hydrogen) atoms. The molecule has 0 atom stereocenters. The predicted octanol–water partition coefficient (Wildman–Crippen LogP) is 12.2. The third kappa shape index (κ3) is 45.0. The second-order valence-corrected chi connectivity index (χ2v) is 20.2. The lowest BCUT2D eigenvalue weighted by atomic mass is 10.3. The van der Waals surface area contributed by atoms with Gasteiger partial charge in [0, 0.05) is 152 Å². The van der Waals surface area contributed by atoms with E-state index in [1.165, 1.54) is 12.7 Å². The first-order chi connectivity index (χ1) is 44.3. The monoisotopic (exact) mass is 1250 g/mol. The summed E-state index contributed by atoms with van der Waals surface area (Å²) in [6, 6.07) is 5.69. The van der Waals surface area contributed by atoms with Gasteiger partial charge in [-0.15, -0.1) is 0 Å². The lowest BCUT2D eigenvalue weighted by Gasteiger charge is -1.91. The molecule has 12 aromatic rings. The fourth-order valence-electron chi connectivity index (χ4n) is 5.62. The summed E-state index contributed by atoms with van der Waals surface area (Å²) in [6.07, 6.45) is 41.1. The van der Waals surface area contributed by atoms with Crippen LogP contribution < -0.4 is 0 Å². The van der Waals surface area contributed by atoms with E-state index in [0.717, 1.165) is 119 Å². The molecular weight excluding hydrogens is 1160 g/mol. The molecule has 0 aliphatic carbocycles. The molecule has 24 nitrogen and oxygen atoms in total. The molecule has 0 saturated carbocycles. The molecule has 0 aromatic carbocycles. The van der Waals surface area contributed by atoms with Gasteiger partial charge >= 0.3 is 0 Å². The second kappa shape index (κ2) is 48.8. The molecule has 0 fully saturated rings. The van der Waals surface area contributed by atoms with Gasteiger partial charge in [0.25, 0.3) is 0 Å². The second-order valence-electron chi connectivity index (χ2n) is 20.2. The summed E-state index contributed by atoms with van der Waals surface area (Å²) < 4.78 is 0. The predicted molar refractivity (Wildman–Crippen MR) is 364 cm³/mol. The number of aryl methyl sites for hydroxylation is 21. The largest absolute Gasteiger partial charge is 0.261 e. The van der Waals surface area contributed by atoms with Crippen molar-refractivity contribution in [1.29, 1.82) is 0 Å². The summed E-state index contributed by atoms with van der Waals surface area (Å²) in [4.78, 5) is 94.3. The van der Waals surface area contributed by atoms with E-state index in [0.29, 0.717) is 0 Å². The van der Waals surface area contributed by atoms with Gasteiger partial charge in [0.05, 0.1) is 39.9 Å². The molecule has 0 unspecified atom stereocenters. The van der Waals surface area contributed by atoms with Gasteiger partial charge in [0.15, 0.2) is 0 Å². The highest BCUT2D eigenvalue weighted by Crippen LogP contribution is 1.99. The van der Waals surface area contributed by atoms with Gasteiger partial charge in [-0.2, -0.15) is 0 Å². The van der Waals surface area contributed by atoms with Crippen molar-refractivity contribution in [3.63, 3.8) is 0 Å². The summed E-state index contributed by atoms with van der Waals surface area (Å²) in [5.74, 6) is 2.50. The van der Waals surface area contributed by atoms with Crippen LogP contribution in [0.2, 0.25) is 0 Å². The molecular formula is C69H90N24. The molecule has 24 heteroatoms.